The molecule has 1 unspecified atom stereocenters. The number of benzene rings is 2. The number of terminal acetylenes is 1. The molecule has 3 aromatic rings. The summed E-state index contributed by atoms with van der Waals surface area (Å²) in [4.78, 5) is 0. The quantitative estimate of drug-likeness (QED) is 0.658. The molecule has 0 radical (unpaired) electrons. The summed E-state index contributed by atoms with van der Waals surface area (Å²) in [6.07, 6.45) is 5.02. The van der Waals surface area contributed by atoms with Crippen LogP contribution in [0.5, 0.6) is 0 Å². The molecule has 0 N–H and O–H groups in total. The van der Waals surface area contributed by atoms with Crippen LogP contribution >= 0.6 is 0 Å². The Morgan fingerprint density at radius 1 is 1.05 bits per heavy atom. The molecule has 20 heavy (non-hydrogen) atoms. The van der Waals surface area contributed by atoms with Gasteiger partial charge in [0, 0.05) is 5.39 Å². The second-order valence-corrected chi connectivity index (χ2v) is 4.49. The van der Waals surface area contributed by atoms with Crippen LogP contribution in [0.4, 0.5) is 0 Å². The van der Waals surface area contributed by atoms with Crippen LogP contribution in [0.25, 0.3) is 11.0 Å². The van der Waals surface area contributed by atoms with Gasteiger partial charge in [-0.25, -0.2) is 0 Å². The van der Waals surface area contributed by atoms with Gasteiger partial charge in [0.25, 0.3) is 0 Å². The molecule has 98 valence electrons. The van der Waals surface area contributed by atoms with Crippen LogP contribution in [-0.2, 0) is 4.74 Å². The first-order chi connectivity index (χ1) is 9.88. The molecule has 1 aromatic heterocycles. The van der Waals surface area contributed by atoms with E-state index < -0.39 is 0 Å². The van der Waals surface area contributed by atoms with Gasteiger partial charge in [0.2, 0.25) is 0 Å². The van der Waals surface area contributed by atoms with Crippen molar-refractivity contribution in [2.24, 2.45) is 0 Å². The Morgan fingerprint density at radius 3 is 2.55 bits per heavy atom. The number of rotatable bonds is 4. The van der Waals surface area contributed by atoms with E-state index in [0.717, 1.165) is 22.3 Å². The second kappa shape index (κ2) is 5.64. The van der Waals surface area contributed by atoms with Crippen molar-refractivity contribution in [1.82, 2.24) is 0 Å². The summed E-state index contributed by atoms with van der Waals surface area (Å²) in [5, 5.41) is 1.06. The van der Waals surface area contributed by atoms with Gasteiger partial charge in [-0.05, 0) is 17.7 Å². The third-order valence-corrected chi connectivity index (χ3v) is 3.14. The first-order valence-corrected chi connectivity index (χ1v) is 6.47. The highest BCUT2D eigenvalue weighted by atomic mass is 16.5. The standard InChI is InChI=1S/C18H14O2/c1-2-12-19-18(14-8-4-3-5-9-14)17-13-15-10-6-7-11-16(15)20-17/h1,3-11,13,18H,12H2. The first kappa shape index (κ1) is 12.5. The van der Waals surface area contributed by atoms with E-state index >= 15 is 0 Å². The van der Waals surface area contributed by atoms with E-state index in [-0.39, 0.29) is 12.7 Å². The molecule has 0 spiro atoms. The molecular weight excluding hydrogens is 248 g/mol. The van der Waals surface area contributed by atoms with Gasteiger partial charge in [0.15, 0.2) is 0 Å². The normalized spacial score (nSPS) is 12.2. The van der Waals surface area contributed by atoms with E-state index in [1.807, 2.05) is 60.7 Å². The minimum atomic E-state index is -0.278. The smallest absolute Gasteiger partial charge is 0.141 e. The Bertz CT molecular complexity index is 702. The van der Waals surface area contributed by atoms with Gasteiger partial charge >= 0.3 is 0 Å². The van der Waals surface area contributed by atoms with Crippen molar-refractivity contribution in [3.05, 3.63) is 72.0 Å². The molecule has 3 rings (SSSR count). The maximum absolute atomic E-state index is 5.89. The lowest BCUT2D eigenvalue weighted by atomic mass is 10.1. The van der Waals surface area contributed by atoms with Crippen LogP contribution in [-0.4, -0.2) is 6.61 Å². The van der Waals surface area contributed by atoms with Gasteiger partial charge in [-0.2, -0.15) is 0 Å². The molecule has 0 saturated carbocycles. The Morgan fingerprint density at radius 2 is 1.80 bits per heavy atom. The molecule has 1 heterocycles. The first-order valence-electron chi connectivity index (χ1n) is 6.47. The van der Waals surface area contributed by atoms with E-state index in [1.165, 1.54) is 0 Å². The van der Waals surface area contributed by atoms with Crippen LogP contribution in [0.2, 0.25) is 0 Å². The van der Waals surface area contributed by atoms with Crippen molar-refractivity contribution in [3.8, 4) is 12.3 Å². The summed E-state index contributed by atoms with van der Waals surface area (Å²) in [5.41, 5.74) is 1.88. The van der Waals surface area contributed by atoms with E-state index in [1.54, 1.807) is 0 Å². The molecule has 0 aliphatic carbocycles. The van der Waals surface area contributed by atoms with Crippen LogP contribution in [0.3, 0.4) is 0 Å². The molecule has 0 amide bonds. The van der Waals surface area contributed by atoms with Crippen LogP contribution in [0.15, 0.2) is 65.1 Å². The molecule has 0 aliphatic heterocycles. The van der Waals surface area contributed by atoms with Crippen LogP contribution in [0, 0.1) is 12.3 Å². The average Bonchev–Trinajstić information content (AvgIpc) is 2.92. The van der Waals surface area contributed by atoms with Gasteiger partial charge in [-0.3, -0.25) is 0 Å². The Hall–Kier alpha value is -2.50. The van der Waals surface area contributed by atoms with Crippen molar-refractivity contribution in [1.29, 1.82) is 0 Å². The third kappa shape index (κ3) is 2.45. The largest absolute Gasteiger partial charge is 0.458 e. The lowest BCUT2D eigenvalue weighted by Crippen LogP contribution is -2.05. The summed E-state index contributed by atoms with van der Waals surface area (Å²) in [7, 11) is 0. The predicted octanol–water partition coefficient (Wildman–Crippen LogP) is 4.17. The zero-order chi connectivity index (χ0) is 13.8. The number of fused-ring (bicyclic) bond motifs is 1. The highest BCUT2D eigenvalue weighted by molar-refractivity contribution is 5.77. The van der Waals surface area contributed by atoms with Crippen molar-refractivity contribution < 1.29 is 9.15 Å². The van der Waals surface area contributed by atoms with Crippen molar-refractivity contribution in [2.45, 2.75) is 6.10 Å². The minimum absolute atomic E-state index is 0.247. The van der Waals surface area contributed by atoms with Crippen LogP contribution in [0.1, 0.15) is 17.4 Å². The minimum Gasteiger partial charge on any atom is -0.458 e. The lowest BCUT2D eigenvalue weighted by Gasteiger charge is -2.14. The van der Waals surface area contributed by atoms with E-state index in [4.69, 9.17) is 15.6 Å². The maximum Gasteiger partial charge on any atom is 0.141 e. The fraction of sp³-hybridized carbons (Fsp3) is 0.111. The number of ether oxygens (including phenoxy) is 1. The van der Waals surface area contributed by atoms with Crippen molar-refractivity contribution in [3.63, 3.8) is 0 Å². The molecule has 0 bridgehead atoms. The predicted molar refractivity (Wildman–Crippen MR) is 79.3 cm³/mol. The highest BCUT2D eigenvalue weighted by Crippen LogP contribution is 2.30. The molecule has 2 heteroatoms. The molecule has 0 saturated heterocycles. The zero-order valence-corrected chi connectivity index (χ0v) is 11.0. The summed E-state index contributed by atoms with van der Waals surface area (Å²) < 4.78 is 11.7. The number of para-hydroxylation sites is 1. The van der Waals surface area contributed by atoms with E-state index in [0.29, 0.717) is 0 Å². The van der Waals surface area contributed by atoms with Crippen molar-refractivity contribution >= 4 is 11.0 Å². The fourth-order valence-electron chi connectivity index (χ4n) is 2.23. The molecule has 0 fully saturated rings. The van der Waals surface area contributed by atoms with Crippen LogP contribution < -0.4 is 0 Å². The van der Waals surface area contributed by atoms with Gasteiger partial charge in [-0.1, -0.05) is 54.5 Å². The Labute approximate surface area is 118 Å². The topological polar surface area (TPSA) is 22.4 Å². The van der Waals surface area contributed by atoms with Gasteiger partial charge in [0.05, 0.1) is 0 Å². The van der Waals surface area contributed by atoms with E-state index in [2.05, 4.69) is 5.92 Å². The Balaban J connectivity index is 2.02. The summed E-state index contributed by atoms with van der Waals surface area (Å²) in [6.45, 7) is 0.247. The number of hydrogen-bond donors (Lipinski definition) is 0. The SMILES string of the molecule is C#CCOC(c1ccccc1)c1cc2ccccc2o1. The maximum atomic E-state index is 5.89. The average molecular weight is 262 g/mol. The molecule has 2 aromatic carbocycles. The zero-order valence-electron chi connectivity index (χ0n) is 11.0. The van der Waals surface area contributed by atoms with Gasteiger partial charge in [0.1, 0.15) is 24.1 Å². The second-order valence-electron chi connectivity index (χ2n) is 4.49. The number of furan rings is 1. The molecule has 0 aliphatic rings. The van der Waals surface area contributed by atoms with Gasteiger partial charge < -0.3 is 9.15 Å². The summed E-state index contributed by atoms with van der Waals surface area (Å²) in [6, 6.07) is 19.9. The Kier molecular flexibility index (Phi) is 3.54. The highest BCUT2D eigenvalue weighted by Gasteiger charge is 2.18. The lowest BCUT2D eigenvalue weighted by molar-refractivity contribution is 0.0923. The third-order valence-electron chi connectivity index (χ3n) is 3.14. The number of hydrogen-bond acceptors (Lipinski definition) is 2. The van der Waals surface area contributed by atoms with E-state index in [9.17, 15) is 0 Å². The van der Waals surface area contributed by atoms with Crippen molar-refractivity contribution in [2.75, 3.05) is 6.61 Å². The fourth-order valence-corrected chi connectivity index (χ4v) is 2.23. The molecular formula is C18H14O2. The molecule has 1 atom stereocenters. The monoisotopic (exact) mass is 262 g/mol. The summed E-state index contributed by atoms with van der Waals surface area (Å²) in [5.74, 6) is 3.28. The molecule has 2 nitrogen and oxygen atoms in total. The van der Waals surface area contributed by atoms with Gasteiger partial charge in [-0.15, -0.1) is 6.42 Å². The summed E-state index contributed by atoms with van der Waals surface area (Å²) >= 11 is 0.